The Bertz CT molecular complexity index is 788. The topological polar surface area (TPSA) is 61.4 Å². The van der Waals surface area contributed by atoms with Crippen LogP contribution >= 0.6 is 0 Å². The molecule has 1 aliphatic rings. The van der Waals surface area contributed by atoms with Gasteiger partial charge in [0.25, 0.3) is 0 Å². The molecule has 0 unspecified atom stereocenters. The van der Waals surface area contributed by atoms with E-state index in [1.807, 2.05) is 0 Å². The first-order chi connectivity index (χ1) is 12.5. The van der Waals surface area contributed by atoms with Gasteiger partial charge >= 0.3 is 0 Å². The monoisotopic (exact) mass is 355 g/mol. The number of hydrogen-bond acceptors (Lipinski definition) is 3. The molecule has 1 saturated carbocycles. The van der Waals surface area contributed by atoms with Gasteiger partial charge in [-0.3, -0.25) is 14.5 Å². The molecular weight excluding hydrogens is 333 g/mol. The number of anilines is 2. The lowest BCUT2D eigenvalue weighted by Crippen LogP contribution is -2.34. The molecule has 2 amide bonds. The van der Waals surface area contributed by atoms with E-state index < -0.39 is 0 Å². The zero-order chi connectivity index (χ0) is 18.5. The largest absolute Gasteiger partial charge is 0.326 e. The van der Waals surface area contributed by atoms with Crippen LogP contribution in [0.3, 0.4) is 0 Å². The van der Waals surface area contributed by atoms with Gasteiger partial charge in [-0.05, 0) is 48.7 Å². The Morgan fingerprint density at radius 3 is 2.35 bits per heavy atom. The molecule has 0 bridgehead atoms. The van der Waals surface area contributed by atoms with Crippen molar-refractivity contribution in [2.75, 3.05) is 17.2 Å². The highest BCUT2D eigenvalue weighted by Crippen LogP contribution is 2.28. The normalized spacial score (nSPS) is 13.5. The molecule has 0 aliphatic heterocycles. The van der Waals surface area contributed by atoms with E-state index in [4.69, 9.17) is 0 Å². The lowest BCUT2D eigenvalue weighted by atomic mass is 10.2. The third kappa shape index (κ3) is 5.39. The van der Waals surface area contributed by atoms with Crippen LogP contribution in [0.1, 0.15) is 25.3 Å². The summed E-state index contributed by atoms with van der Waals surface area (Å²) in [6, 6.07) is 13.8. The summed E-state index contributed by atoms with van der Waals surface area (Å²) in [7, 11) is 0. The van der Waals surface area contributed by atoms with Crippen molar-refractivity contribution in [3.63, 3.8) is 0 Å². The predicted octanol–water partition coefficient (Wildman–Crippen LogP) is 3.39. The fourth-order valence-corrected chi connectivity index (χ4v) is 2.84. The summed E-state index contributed by atoms with van der Waals surface area (Å²) < 4.78 is 13.1. The van der Waals surface area contributed by atoms with E-state index in [9.17, 15) is 14.0 Å². The second-order valence-electron chi connectivity index (χ2n) is 6.57. The number of hydrogen-bond donors (Lipinski definition) is 2. The van der Waals surface area contributed by atoms with E-state index in [-0.39, 0.29) is 24.2 Å². The van der Waals surface area contributed by atoms with E-state index >= 15 is 0 Å². The minimum absolute atomic E-state index is 0.112. The minimum atomic E-state index is -0.261. The van der Waals surface area contributed by atoms with Gasteiger partial charge in [-0.15, -0.1) is 0 Å². The maximum atomic E-state index is 13.1. The SMILES string of the molecule is CC(=O)Nc1cccc(NC(=O)CN(Cc2ccc(F)cc2)C2CC2)c1. The molecule has 0 spiro atoms. The Kier molecular flexibility index (Phi) is 5.63. The highest BCUT2D eigenvalue weighted by atomic mass is 19.1. The first-order valence-corrected chi connectivity index (χ1v) is 8.65. The van der Waals surface area contributed by atoms with Crippen LogP contribution in [-0.4, -0.2) is 29.3 Å². The van der Waals surface area contributed by atoms with Crippen LogP contribution in [0.4, 0.5) is 15.8 Å². The molecule has 0 radical (unpaired) electrons. The van der Waals surface area contributed by atoms with Crippen molar-refractivity contribution in [1.82, 2.24) is 4.90 Å². The number of nitrogens with zero attached hydrogens (tertiary/aromatic N) is 1. The maximum Gasteiger partial charge on any atom is 0.238 e. The summed E-state index contributed by atoms with van der Waals surface area (Å²) in [6.45, 7) is 2.32. The van der Waals surface area contributed by atoms with Gasteiger partial charge in [0.1, 0.15) is 5.82 Å². The molecule has 2 aromatic carbocycles. The molecule has 2 N–H and O–H groups in total. The molecule has 1 aliphatic carbocycles. The Balaban J connectivity index is 1.60. The lowest BCUT2D eigenvalue weighted by Gasteiger charge is -2.21. The zero-order valence-corrected chi connectivity index (χ0v) is 14.7. The molecule has 1 fully saturated rings. The van der Waals surface area contributed by atoms with Crippen LogP contribution in [0.5, 0.6) is 0 Å². The zero-order valence-electron chi connectivity index (χ0n) is 14.7. The van der Waals surface area contributed by atoms with Gasteiger partial charge in [0, 0.05) is 30.9 Å². The quantitative estimate of drug-likeness (QED) is 0.800. The molecule has 136 valence electrons. The average Bonchev–Trinajstić information content (AvgIpc) is 3.41. The summed E-state index contributed by atoms with van der Waals surface area (Å²) in [4.78, 5) is 25.7. The van der Waals surface area contributed by atoms with Crippen LogP contribution in [0, 0.1) is 5.82 Å². The van der Waals surface area contributed by atoms with Crippen LogP contribution in [0.15, 0.2) is 48.5 Å². The van der Waals surface area contributed by atoms with Crippen molar-refractivity contribution in [2.24, 2.45) is 0 Å². The van der Waals surface area contributed by atoms with E-state index in [2.05, 4.69) is 15.5 Å². The highest BCUT2D eigenvalue weighted by Gasteiger charge is 2.30. The van der Waals surface area contributed by atoms with E-state index in [1.165, 1.54) is 19.1 Å². The molecule has 0 heterocycles. The number of carbonyl (C=O) groups excluding carboxylic acids is 2. The maximum absolute atomic E-state index is 13.1. The number of halogens is 1. The fraction of sp³-hybridized carbons (Fsp3) is 0.300. The Morgan fingerprint density at radius 1 is 1.08 bits per heavy atom. The molecule has 6 heteroatoms. The number of benzene rings is 2. The van der Waals surface area contributed by atoms with Crippen molar-refractivity contribution in [3.05, 3.63) is 59.9 Å². The second-order valence-corrected chi connectivity index (χ2v) is 6.57. The summed E-state index contributed by atoms with van der Waals surface area (Å²) in [6.07, 6.45) is 2.15. The molecule has 0 saturated heterocycles. The van der Waals surface area contributed by atoms with Crippen LogP contribution < -0.4 is 10.6 Å². The molecular formula is C20H22FN3O2. The van der Waals surface area contributed by atoms with Crippen molar-refractivity contribution < 1.29 is 14.0 Å². The van der Waals surface area contributed by atoms with Crippen molar-refractivity contribution >= 4 is 23.2 Å². The van der Waals surface area contributed by atoms with Crippen molar-refractivity contribution in [3.8, 4) is 0 Å². The molecule has 3 rings (SSSR count). The average molecular weight is 355 g/mol. The van der Waals surface area contributed by atoms with Crippen LogP contribution in [0.2, 0.25) is 0 Å². The summed E-state index contributed by atoms with van der Waals surface area (Å²) in [5.74, 6) is -0.532. The summed E-state index contributed by atoms with van der Waals surface area (Å²) >= 11 is 0. The first kappa shape index (κ1) is 18.1. The summed E-state index contributed by atoms with van der Waals surface area (Å²) in [5.41, 5.74) is 2.26. The number of nitrogens with one attached hydrogen (secondary N) is 2. The molecule has 5 nitrogen and oxygen atoms in total. The fourth-order valence-electron chi connectivity index (χ4n) is 2.84. The lowest BCUT2D eigenvalue weighted by molar-refractivity contribution is -0.117. The minimum Gasteiger partial charge on any atom is -0.326 e. The Labute approximate surface area is 152 Å². The van der Waals surface area contributed by atoms with E-state index in [1.54, 1.807) is 36.4 Å². The van der Waals surface area contributed by atoms with Gasteiger partial charge in [-0.2, -0.15) is 0 Å². The standard InChI is InChI=1S/C20H22FN3O2/c1-14(25)22-17-3-2-4-18(11-17)23-20(26)13-24(19-9-10-19)12-15-5-7-16(21)8-6-15/h2-8,11,19H,9-10,12-13H2,1H3,(H,22,25)(H,23,26). The van der Waals surface area contributed by atoms with Crippen LogP contribution in [0.25, 0.3) is 0 Å². The van der Waals surface area contributed by atoms with Crippen molar-refractivity contribution in [2.45, 2.75) is 32.4 Å². The smallest absolute Gasteiger partial charge is 0.238 e. The summed E-state index contributed by atoms with van der Waals surface area (Å²) in [5, 5.41) is 5.57. The van der Waals surface area contributed by atoms with Gasteiger partial charge in [-0.25, -0.2) is 4.39 Å². The molecule has 0 aromatic heterocycles. The first-order valence-electron chi connectivity index (χ1n) is 8.65. The van der Waals surface area contributed by atoms with Gasteiger partial charge in [-0.1, -0.05) is 18.2 Å². The molecule has 2 aromatic rings. The van der Waals surface area contributed by atoms with Gasteiger partial charge < -0.3 is 10.6 Å². The number of rotatable bonds is 7. The molecule has 0 atom stereocenters. The van der Waals surface area contributed by atoms with E-state index in [0.29, 0.717) is 24.0 Å². The predicted molar refractivity (Wildman–Crippen MR) is 99.2 cm³/mol. The Hall–Kier alpha value is -2.73. The number of amides is 2. The number of carbonyl (C=O) groups is 2. The Morgan fingerprint density at radius 2 is 1.73 bits per heavy atom. The van der Waals surface area contributed by atoms with Crippen molar-refractivity contribution in [1.29, 1.82) is 0 Å². The van der Waals surface area contributed by atoms with Gasteiger partial charge in [0.15, 0.2) is 0 Å². The van der Waals surface area contributed by atoms with Gasteiger partial charge in [0.05, 0.1) is 6.54 Å². The van der Waals surface area contributed by atoms with Crippen LogP contribution in [-0.2, 0) is 16.1 Å². The van der Waals surface area contributed by atoms with Gasteiger partial charge in [0.2, 0.25) is 11.8 Å². The third-order valence-electron chi connectivity index (χ3n) is 4.18. The second kappa shape index (κ2) is 8.10. The third-order valence-corrected chi connectivity index (χ3v) is 4.18. The van der Waals surface area contributed by atoms with E-state index in [0.717, 1.165) is 18.4 Å². The highest BCUT2D eigenvalue weighted by molar-refractivity contribution is 5.94. The molecule has 26 heavy (non-hydrogen) atoms.